The molecule has 0 heterocycles. The predicted octanol–water partition coefficient (Wildman–Crippen LogP) is 6.03. The summed E-state index contributed by atoms with van der Waals surface area (Å²) in [6.45, 7) is -0.364. The third kappa shape index (κ3) is 4.31. The van der Waals surface area contributed by atoms with Gasteiger partial charge in [-0.1, -0.05) is 18.2 Å². The third-order valence-electron chi connectivity index (χ3n) is 4.23. The van der Waals surface area contributed by atoms with Crippen molar-refractivity contribution >= 4 is 0 Å². The van der Waals surface area contributed by atoms with Crippen LogP contribution in [0.5, 0.6) is 0 Å². The van der Waals surface area contributed by atoms with Gasteiger partial charge in [-0.3, -0.25) is 4.39 Å². The van der Waals surface area contributed by atoms with E-state index in [0.717, 1.165) is 37.8 Å². The average molecular weight is 318 g/mol. The molecule has 5 heteroatoms. The Balaban J connectivity index is 1.98. The maximum atomic E-state index is 13.6. The molecule has 1 aromatic carbocycles. The fraction of sp³-hybridized carbons (Fsp3) is 0.529. The number of hydrogen-bond donors (Lipinski definition) is 0. The van der Waals surface area contributed by atoms with Crippen molar-refractivity contribution in [3.8, 4) is 0 Å². The summed E-state index contributed by atoms with van der Waals surface area (Å²) in [5.74, 6) is -0.709. The maximum absolute atomic E-state index is 13.6. The predicted molar refractivity (Wildman–Crippen MR) is 75.8 cm³/mol. The van der Waals surface area contributed by atoms with Crippen LogP contribution in [-0.2, 0) is 6.18 Å². The van der Waals surface area contributed by atoms with Gasteiger partial charge in [0.05, 0.1) is 12.2 Å². The van der Waals surface area contributed by atoms with E-state index in [1.54, 1.807) is 0 Å². The second-order valence-electron chi connectivity index (χ2n) is 5.75. The first-order chi connectivity index (χ1) is 10.4. The summed E-state index contributed by atoms with van der Waals surface area (Å²) in [6.07, 6.45) is 3.05. The molecule has 1 aromatic rings. The molecular formula is C17H19F5. The van der Waals surface area contributed by atoms with Crippen LogP contribution in [0.25, 0.3) is 0 Å². The first kappa shape index (κ1) is 17.0. The summed E-state index contributed by atoms with van der Waals surface area (Å²) >= 11 is 0. The van der Waals surface area contributed by atoms with Gasteiger partial charge in [0.15, 0.2) is 0 Å². The van der Waals surface area contributed by atoms with E-state index in [1.807, 2.05) is 12.2 Å². The van der Waals surface area contributed by atoms with Crippen LogP contribution in [0.2, 0.25) is 0 Å². The van der Waals surface area contributed by atoms with Crippen LogP contribution in [0.15, 0.2) is 30.4 Å². The first-order valence-electron chi connectivity index (χ1n) is 7.51. The molecule has 0 saturated heterocycles. The molecule has 0 N–H and O–H groups in total. The summed E-state index contributed by atoms with van der Waals surface area (Å²) in [5.41, 5.74) is -0.573. The van der Waals surface area contributed by atoms with Crippen LogP contribution < -0.4 is 0 Å². The second kappa shape index (κ2) is 7.25. The standard InChI is InChI=1S/C17H19F5/c18-10-2-1-3-12-4-6-13(7-5-12)14-8-9-15(16(19)11-14)17(20,21)22/h1,3,8-9,11-13H,2,4-7,10H2/b3-1+. The van der Waals surface area contributed by atoms with Crippen LogP contribution in [0.1, 0.15) is 49.1 Å². The lowest BCUT2D eigenvalue weighted by atomic mass is 9.78. The molecular weight excluding hydrogens is 299 g/mol. The summed E-state index contributed by atoms with van der Waals surface area (Å²) in [5, 5.41) is 0. The molecule has 1 aliphatic rings. The lowest BCUT2D eigenvalue weighted by Crippen LogP contribution is -2.13. The minimum atomic E-state index is -4.65. The highest BCUT2D eigenvalue weighted by Gasteiger charge is 2.34. The number of rotatable bonds is 4. The summed E-state index contributed by atoms with van der Waals surface area (Å²) < 4.78 is 63.3. The van der Waals surface area contributed by atoms with E-state index < -0.39 is 17.6 Å². The average Bonchev–Trinajstić information content (AvgIpc) is 2.47. The SMILES string of the molecule is FCC/C=C/C1CCC(c2ccc(C(F)(F)F)c(F)c2)CC1. The van der Waals surface area contributed by atoms with Gasteiger partial charge < -0.3 is 0 Å². The highest BCUT2D eigenvalue weighted by atomic mass is 19.4. The van der Waals surface area contributed by atoms with Crippen LogP contribution in [0.4, 0.5) is 22.0 Å². The summed E-state index contributed by atoms with van der Waals surface area (Å²) in [7, 11) is 0. The zero-order valence-electron chi connectivity index (χ0n) is 12.2. The largest absolute Gasteiger partial charge is 0.419 e. The smallest absolute Gasteiger partial charge is 0.251 e. The molecule has 0 aliphatic heterocycles. The summed E-state index contributed by atoms with van der Waals surface area (Å²) in [6, 6.07) is 3.24. The van der Waals surface area contributed by atoms with E-state index in [0.29, 0.717) is 17.9 Å². The van der Waals surface area contributed by atoms with Crippen LogP contribution in [-0.4, -0.2) is 6.67 Å². The van der Waals surface area contributed by atoms with E-state index in [-0.39, 0.29) is 12.6 Å². The molecule has 0 unspecified atom stereocenters. The number of alkyl halides is 4. The molecule has 0 bridgehead atoms. The normalized spacial score (nSPS) is 23.1. The molecule has 0 nitrogen and oxygen atoms in total. The van der Waals surface area contributed by atoms with Gasteiger partial charge in [0.1, 0.15) is 5.82 Å². The minimum absolute atomic E-state index is 0.0996. The fourth-order valence-corrected chi connectivity index (χ4v) is 3.01. The molecule has 0 amide bonds. The minimum Gasteiger partial charge on any atom is -0.251 e. The van der Waals surface area contributed by atoms with E-state index in [9.17, 15) is 22.0 Å². The lowest BCUT2D eigenvalue weighted by Gasteiger charge is -2.27. The van der Waals surface area contributed by atoms with Gasteiger partial charge >= 0.3 is 6.18 Å². The summed E-state index contributed by atoms with van der Waals surface area (Å²) in [4.78, 5) is 0. The van der Waals surface area contributed by atoms with Crippen molar-refractivity contribution in [3.05, 3.63) is 47.3 Å². The number of allylic oxidation sites excluding steroid dienone is 2. The van der Waals surface area contributed by atoms with Crippen molar-refractivity contribution in [1.82, 2.24) is 0 Å². The van der Waals surface area contributed by atoms with Gasteiger partial charge in [0, 0.05) is 0 Å². The molecule has 1 aliphatic carbocycles. The Hall–Kier alpha value is -1.39. The molecule has 2 rings (SSSR count). The molecule has 0 aromatic heterocycles. The Morgan fingerprint density at radius 3 is 2.32 bits per heavy atom. The second-order valence-corrected chi connectivity index (χ2v) is 5.75. The highest BCUT2D eigenvalue weighted by Crippen LogP contribution is 2.38. The zero-order valence-corrected chi connectivity index (χ0v) is 12.2. The first-order valence-corrected chi connectivity index (χ1v) is 7.51. The lowest BCUT2D eigenvalue weighted by molar-refractivity contribution is -0.140. The van der Waals surface area contributed by atoms with Gasteiger partial charge in [-0.15, -0.1) is 0 Å². The van der Waals surface area contributed by atoms with Crippen LogP contribution in [0.3, 0.4) is 0 Å². The van der Waals surface area contributed by atoms with Crippen LogP contribution >= 0.6 is 0 Å². The third-order valence-corrected chi connectivity index (χ3v) is 4.23. The Bertz CT molecular complexity index is 510. The van der Waals surface area contributed by atoms with E-state index >= 15 is 0 Å². The van der Waals surface area contributed by atoms with Crippen molar-refractivity contribution in [2.45, 2.75) is 44.2 Å². The van der Waals surface area contributed by atoms with Gasteiger partial charge in [0.2, 0.25) is 0 Å². The van der Waals surface area contributed by atoms with Gasteiger partial charge in [0.25, 0.3) is 0 Å². The van der Waals surface area contributed by atoms with Crippen molar-refractivity contribution < 1.29 is 22.0 Å². The molecule has 0 atom stereocenters. The highest BCUT2D eigenvalue weighted by molar-refractivity contribution is 5.29. The van der Waals surface area contributed by atoms with Crippen molar-refractivity contribution in [2.24, 2.45) is 5.92 Å². The zero-order chi connectivity index (χ0) is 16.2. The van der Waals surface area contributed by atoms with E-state index in [2.05, 4.69) is 0 Å². The van der Waals surface area contributed by atoms with E-state index in [1.165, 1.54) is 6.07 Å². The number of benzene rings is 1. The Kier molecular flexibility index (Phi) is 5.59. The Labute approximate surface area is 127 Å². The number of halogens is 5. The molecule has 122 valence electrons. The molecule has 22 heavy (non-hydrogen) atoms. The monoisotopic (exact) mass is 318 g/mol. The molecule has 0 radical (unpaired) electrons. The molecule has 0 spiro atoms. The van der Waals surface area contributed by atoms with Crippen LogP contribution in [0, 0.1) is 11.7 Å². The fourth-order valence-electron chi connectivity index (χ4n) is 3.01. The van der Waals surface area contributed by atoms with Crippen molar-refractivity contribution in [2.75, 3.05) is 6.67 Å². The maximum Gasteiger partial charge on any atom is 0.419 e. The Morgan fingerprint density at radius 2 is 1.77 bits per heavy atom. The van der Waals surface area contributed by atoms with Gasteiger partial charge in [-0.25, -0.2) is 4.39 Å². The van der Waals surface area contributed by atoms with Gasteiger partial charge in [-0.2, -0.15) is 13.2 Å². The van der Waals surface area contributed by atoms with E-state index in [4.69, 9.17) is 0 Å². The molecule has 1 saturated carbocycles. The quantitative estimate of drug-likeness (QED) is 0.469. The molecule has 1 fully saturated rings. The van der Waals surface area contributed by atoms with Crippen molar-refractivity contribution in [3.63, 3.8) is 0 Å². The Morgan fingerprint density at radius 1 is 1.09 bits per heavy atom. The van der Waals surface area contributed by atoms with Gasteiger partial charge in [-0.05, 0) is 61.6 Å². The number of hydrogen-bond acceptors (Lipinski definition) is 0. The van der Waals surface area contributed by atoms with Crippen molar-refractivity contribution in [1.29, 1.82) is 0 Å². The topological polar surface area (TPSA) is 0 Å².